The number of rotatable bonds is 6. The third kappa shape index (κ3) is 3.32. The van der Waals surface area contributed by atoms with Gasteiger partial charge in [-0.15, -0.1) is 0 Å². The molecule has 0 bridgehead atoms. The van der Waals surface area contributed by atoms with Crippen LogP contribution in [0.2, 0.25) is 0 Å². The Kier molecular flexibility index (Phi) is 4.71. The number of nitrogens with one attached hydrogen (secondary N) is 1. The van der Waals surface area contributed by atoms with Crippen LogP contribution in [0.1, 0.15) is 20.3 Å². The zero-order valence-corrected chi connectivity index (χ0v) is 10.1. The van der Waals surface area contributed by atoms with Crippen molar-refractivity contribution in [1.82, 2.24) is 0 Å². The summed E-state index contributed by atoms with van der Waals surface area (Å²) in [5.74, 6) is 5.31. The third-order valence-electron chi connectivity index (χ3n) is 2.52. The molecule has 0 heterocycles. The van der Waals surface area contributed by atoms with E-state index in [4.69, 9.17) is 5.84 Å². The Balaban J connectivity index is 3.12. The summed E-state index contributed by atoms with van der Waals surface area (Å²) in [4.78, 5) is 12.5. The van der Waals surface area contributed by atoms with Crippen LogP contribution in [-0.2, 0) is 0 Å². The van der Waals surface area contributed by atoms with Crippen molar-refractivity contribution in [3.05, 3.63) is 28.3 Å². The molecule has 0 aromatic heterocycles. The van der Waals surface area contributed by atoms with Gasteiger partial charge in [0.2, 0.25) is 0 Å². The largest absolute Gasteiger partial charge is 0.372 e. The van der Waals surface area contributed by atoms with Crippen LogP contribution in [0.5, 0.6) is 0 Å². The highest BCUT2D eigenvalue weighted by molar-refractivity contribution is 5.64. The van der Waals surface area contributed by atoms with Gasteiger partial charge >= 0.3 is 0 Å². The molecule has 3 N–H and O–H groups in total. The molecule has 0 aliphatic rings. The van der Waals surface area contributed by atoms with Crippen LogP contribution in [0, 0.1) is 10.1 Å². The van der Waals surface area contributed by atoms with Gasteiger partial charge in [0, 0.05) is 30.9 Å². The molecule has 0 fully saturated rings. The van der Waals surface area contributed by atoms with Crippen LogP contribution in [0.25, 0.3) is 0 Å². The van der Waals surface area contributed by atoms with E-state index in [0.29, 0.717) is 5.69 Å². The number of nitro groups is 1. The summed E-state index contributed by atoms with van der Waals surface area (Å²) in [5, 5.41) is 10.8. The van der Waals surface area contributed by atoms with E-state index in [1.54, 1.807) is 6.07 Å². The Morgan fingerprint density at radius 1 is 1.41 bits per heavy atom. The van der Waals surface area contributed by atoms with Crippen molar-refractivity contribution < 1.29 is 4.92 Å². The number of non-ortho nitro benzene ring substituents is 1. The van der Waals surface area contributed by atoms with Gasteiger partial charge in [-0.2, -0.15) is 0 Å². The second-order valence-electron chi connectivity index (χ2n) is 3.72. The van der Waals surface area contributed by atoms with Gasteiger partial charge in [0.1, 0.15) is 0 Å². The van der Waals surface area contributed by atoms with Crippen molar-refractivity contribution in [3.8, 4) is 0 Å². The maximum absolute atomic E-state index is 10.8. The Hall–Kier alpha value is -1.82. The highest BCUT2D eigenvalue weighted by Crippen LogP contribution is 2.26. The number of hydrazine groups is 1. The maximum atomic E-state index is 10.8. The van der Waals surface area contributed by atoms with Crippen LogP contribution in [0.15, 0.2) is 18.2 Å². The first-order valence-corrected chi connectivity index (χ1v) is 5.63. The van der Waals surface area contributed by atoms with Crippen LogP contribution in [0.4, 0.5) is 17.1 Å². The lowest BCUT2D eigenvalue weighted by Gasteiger charge is -2.22. The second kappa shape index (κ2) is 6.05. The summed E-state index contributed by atoms with van der Waals surface area (Å²) >= 11 is 0. The summed E-state index contributed by atoms with van der Waals surface area (Å²) in [7, 11) is 0. The minimum Gasteiger partial charge on any atom is -0.372 e. The maximum Gasteiger partial charge on any atom is 0.273 e. The number of anilines is 2. The lowest BCUT2D eigenvalue weighted by atomic mass is 10.2. The fourth-order valence-electron chi connectivity index (χ4n) is 1.71. The number of hydrogen-bond acceptors (Lipinski definition) is 5. The van der Waals surface area contributed by atoms with Gasteiger partial charge in [0.15, 0.2) is 0 Å². The van der Waals surface area contributed by atoms with E-state index >= 15 is 0 Å². The fraction of sp³-hybridized carbons (Fsp3) is 0.455. The Bertz CT molecular complexity index is 395. The summed E-state index contributed by atoms with van der Waals surface area (Å²) < 4.78 is 0. The molecule has 0 unspecified atom stereocenters. The first kappa shape index (κ1) is 13.2. The number of benzene rings is 1. The summed E-state index contributed by atoms with van der Waals surface area (Å²) in [6.45, 7) is 5.76. The quantitative estimate of drug-likeness (QED) is 0.450. The summed E-state index contributed by atoms with van der Waals surface area (Å²) in [6.07, 6.45) is 0.988. The van der Waals surface area contributed by atoms with Gasteiger partial charge in [0.05, 0.1) is 10.6 Å². The third-order valence-corrected chi connectivity index (χ3v) is 2.52. The van der Waals surface area contributed by atoms with Crippen molar-refractivity contribution in [1.29, 1.82) is 0 Å². The smallest absolute Gasteiger partial charge is 0.273 e. The van der Waals surface area contributed by atoms with E-state index in [0.717, 1.165) is 25.2 Å². The van der Waals surface area contributed by atoms with Crippen LogP contribution in [0.3, 0.4) is 0 Å². The first-order chi connectivity index (χ1) is 8.12. The zero-order chi connectivity index (χ0) is 12.8. The van der Waals surface area contributed by atoms with Gasteiger partial charge in [-0.3, -0.25) is 16.0 Å². The Morgan fingerprint density at radius 3 is 2.59 bits per heavy atom. The van der Waals surface area contributed by atoms with Crippen molar-refractivity contribution in [3.63, 3.8) is 0 Å². The Labute approximate surface area is 101 Å². The molecule has 0 radical (unpaired) electrons. The lowest BCUT2D eigenvalue weighted by molar-refractivity contribution is -0.384. The molecule has 0 saturated heterocycles. The predicted octanol–water partition coefficient (Wildman–Crippen LogP) is 2.12. The Morgan fingerprint density at radius 2 is 2.12 bits per heavy atom. The van der Waals surface area contributed by atoms with E-state index in [-0.39, 0.29) is 5.69 Å². The molecule has 0 aliphatic heterocycles. The molecular weight excluding hydrogens is 220 g/mol. The van der Waals surface area contributed by atoms with E-state index in [1.165, 1.54) is 6.07 Å². The molecule has 1 aromatic rings. The molecule has 0 saturated carbocycles. The zero-order valence-electron chi connectivity index (χ0n) is 10.1. The molecular formula is C11H18N4O2. The molecule has 0 atom stereocenters. The highest BCUT2D eigenvalue weighted by atomic mass is 16.6. The number of nitrogens with two attached hydrogens (primary N) is 1. The van der Waals surface area contributed by atoms with Gasteiger partial charge in [-0.1, -0.05) is 6.92 Å². The van der Waals surface area contributed by atoms with Crippen LogP contribution in [-0.4, -0.2) is 18.0 Å². The average Bonchev–Trinajstić information content (AvgIpc) is 2.35. The normalized spacial score (nSPS) is 10.1. The SMILES string of the molecule is CCCN(CC)c1cc(NN)cc([N+](=O)[O-])c1. The molecule has 1 rings (SSSR count). The van der Waals surface area contributed by atoms with Gasteiger partial charge in [-0.25, -0.2) is 0 Å². The lowest BCUT2D eigenvalue weighted by Crippen LogP contribution is -2.23. The molecule has 0 spiro atoms. The van der Waals surface area contributed by atoms with E-state index in [9.17, 15) is 10.1 Å². The van der Waals surface area contributed by atoms with Gasteiger partial charge < -0.3 is 10.3 Å². The number of nitrogens with zero attached hydrogens (tertiary/aromatic N) is 2. The number of nitrogen functional groups attached to an aromatic ring is 1. The monoisotopic (exact) mass is 238 g/mol. The number of nitro benzene ring substituents is 1. The van der Waals surface area contributed by atoms with Gasteiger partial charge in [-0.05, 0) is 19.4 Å². The molecule has 0 aliphatic carbocycles. The standard InChI is InChI=1S/C11H18N4O2/c1-3-5-14(4-2)10-6-9(13-12)7-11(8-10)15(16)17/h6-8,13H,3-5,12H2,1-2H3. The molecule has 0 amide bonds. The topological polar surface area (TPSA) is 84.4 Å². The molecule has 94 valence electrons. The van der Waals surface area contributed by atoms with Crippen molar-refractivity contribution >= 4 is 17.1 Å². The second-order valence-corrected chi connectivity index (χ2v) is 3.72. The molecule has 6 nitrogen and oxygen atoms in total. The predicted molar refractivity (Wildman–Crippen MR) is 69.1 cm³/mol. The van der Waals surface area contributed by atoms with Gasteiger partial charge in [0.25, 0.3) is 5.69 Å². The minimum absolute atomic E-state index is 0.0463. The van der Waals surface area contributed by atoms with E-state index < -0.39 is 4.92 Å². The van der Waals surface area contributed by atoms with Crippen molar-refractivity contribution in [2.24, 2.45) is 5.84 Å². The fourth-order valence-corrected chi connectivity index (χ4v) is 1.71. The highest BCUT2D eigenvalue weighted by Gasteiger charge is 2.12. The van der Waals surface area contributed by atoms with E-state index in [1.807, 2.05) is 13.0 Å². The van der Waals surface area contributed by atoms with Crippen molar-refractivity contribution in [2.45, 2.75) is 20.3 Å². The summed E-state index contributed by atoms with van der Waals surface area (Å²) in [5.41, 5.74) is 3.86. The first-order valence-electron chi connectivity index (χ1n) is 5.63. The minimum atomic E-state index is -0.413. The summed E-state index contributed by atoms with van der Waals surface area (Å²) in [6, 6.07) is 4.80. The molecule has 17 heavy (non-hydrogen) atoms. The molecule has 6 heteroatoms. The number of hydrogen-bond donors (Lipinski definition) is 2. The van der Waals surface area contributed by atoms with Crippen molar-refractivity contribution in [2.75, 3.05) is 23.4 Å². The van der Waals surface area contributed by atoms with Crippen LogP contribution >= 0.6 is 0 Å². The van der Waals surface area contributed by atoms with E-state index in [2.05, 4.69) is 17.2 Å². The van der Waals surface area contributed by atoms with Crippen LogP contribution < -0.4 is 16.2 Å². The molecule has 1 aromatic carbocycles. The average molecular weight is 238 g/mol.